The largest absolute Gasteiger partial charge is 0.476 e. The molecule has 1 aliphatic rings. The van der Waals surface area contributed by atoms with Gasteiger partial charge >= 0.3 is 6.09 Å². The molecule has 1 aliphatic heterocycles. The SMILES string of the molecule is O=C(O)N1CCC[C@@H](COc2nc(Cl)cc3nccnc23)C1. The number of ether oxygens (including phenoxy) is 1. The summed E-state index contributed by atoms with van der Waals surface area (Å²) in [5.41, 5.74) is 1.17. The predicted octanol–water partition coefficient (Wildman–Crippen LogP) is 2.45. The predicted molar refractivity (Wildman–Crippen MR) is 80.2 cm³/mol. The first-order valence-corrected chi connectivity index (χ1v) is 7.39. The molecule has 7 nitrogen and oxygen atoms in total. The Morgan fingerprint density at radius 3 is 3.09 bits per heavy atom. The minimum Gasteiger partial charge on any atom is -0.476 e. The molecule has 1 fully saturated rings. The fourth-order valence-corrected chi connectivity index (χ4v) is 2.77. The molecule has 8 heteroatoms. The number of hydrogen-bond acceptors (Lipinski definition) is 5. The summed E-state index contributed by atoms with van der Waals surface area (Å²) in [6.45, 7) is 1.43. The molecule has 0 aliphatic carbocycles. The zero-order valence-corrected chi connectivity index (χ0v) is 12.5. The van der Waals surface area contributed by atoms with E-state index in [-0.39, 0.29) is 5.92 Å². The quantitative estimate of drug-likeness (QED) is 0.873. The van der Waals surface area contributed by atoms with Crippen LogP contribution < -0.4 is 4.74 Å². The third-order valence-electron chi connectivity index (χ3n) is 3.64. The van der Waals surface area contributed by atoms with Crippen molar-refractivity contribution in [2.24, 2.45) is 5.92 Å². The molecule has 3 rings (SSSR count). The van der Waals surface area contributed by atoms with Crippen LogP contribution in [0.2, 0.25) is 5.15 Å². The summed E-state index contributed by atoms with van der Waals surface area (Å²) in [4.78, 5) is 25.0. The second-order valence-corrected chi connectivity index (χ2v) is 5.61. The number of pyridine rings is 1. The molecular weight excluding hydrogens is 308 g/mol. The molecule has 0 saturated carbocycles. The number of aromatic nitrogens is 3. The van der Waals surface area contributed by atoms with E-state index in [4.69, 9.17) is 21.4 Å². The monoisotopic (exact) mass is 322 g/mol. The van der Waals surface area contributed by atoms with Crippen LogP contribution in [0, 0.1) is 5.92 Å². The van der Waals surface area contributed by atoms with Gasteiger partial charge in [-0.3, -0.25) is 4.98 Å². The zero-order valence-electron chi connectivity index (χ0n) is 11.8. The molecule has 1 N–H and O–H groups in total. The summed E-state index contributed by atoms with van der Waals surface area (Å²) in [6.07, 6.45) is 4.02. The lowest BCUT2D eigenvalue weighted by Crippen LogP contribution is -2.40. The highest BCUT2D eigenvalue weighted by atomic mass is 35.5. The topological polar surface area (TPSA) is 88.4 Å². The Kier molecular flexibility index (Phi) is 4.24. The van der Waals surface area contributed by atoms with Gasteiger partial charge in [-0.05, 0) is 12.8 Å². The summed E-state index contributed by atoms with van der Waals surface area (Å²) in [6, 6.07) is 1.63. The molecule has 2 aromatic heterocycles. The van der Waals surface area contributed by atoms with Gasteiger partial charge in [0.2, 0.25) is 5.88 Å². The lowest BCUT2D eigenvalue weighted by Gasteiger charge is -2.30. The number of halogens is 1. The highest BCUT2D eigenvalue weighted by Crippen LogP contribution is 2.24. The van der Waals surface area contributed by atoms with Gasteiger partial charge in [0, 0.05) is 37.5 Å². The Bertz CT molecular complexity index is 697. The van der Waals surface area contributed by atoms with Crippen LogP contribution in [0.5, 0.6) is 5.88 Å². The minimum absolute atomic E-state index is 0.136. The highest BCUT2D eigenvalue weighted by Gasteiger charge is 2.24. The molecule has 2 aromatic rings. The first-order valence-electron chi connectivity index (χ1n) is 7.01. The van der Waals surface area contributed by atoms with Crippen molar-refractivity contribution in [1.29, 1.82) is 0 Å². The van der Waals surface area contributed by atoms with Crippen LogP contribution in [0.1, 0.15) is 12.8 Å². The van der Waals surface area contributed by atoms with Gasteiger partial charge in [-0.15, -0.1) is 0 Å². The van der Waals surface area contributed by atoms with Crippen molar-refractivity contribution < 1.29 is 14.6 Å². The van der Waals surface area contributed by atoms with Crippen molar-refractivity contribution in [1.82, 2.24) is 19.9 Å². The lowest BCUT2D eigenvalue weighted by molar-refractivity contribution is 0.104. The molecule has 3 heterocycles. The molecule has 0 aromatic carbocycles. The Hall–Kier alpha value is -2.15. The van der Waals surface area contributed by atoms with Crippen LogP contribution in [0.4, 0.5) is 4.79 Å². The molecule has 0 bridgehead atoms. The maximum absolute atomic E-state index is 11.0. The van der Waals surface area contributed by atoms with Crippen LogP contribution in [-0.2, 0) is 0 Å². The fourth-order valence-electron chi connectivity index (χ4n) is 2.59. The summed E-state index contributed by atoms with van der Waals surface area (Å²) in [7, 11) is 0. The molecule has 22 heavy (non-hydrogen) atoms. The summed E-state index contributed by atoms with van der Waals surface area (Å²) in [5.74, 6) is 0.473. The van der Waals surface area contributed by atoms with E-state index in [0.29, 0.717) is 41.8 Å². The van der Waals surface area contributed by atoms with E-state index in [1.54, 1.807) is 18.5 Å². The zero-order chi connectivity index (χ0) is 15.5. The summed E-state index contributed by atoms with van der Waals surface area (Å²) in [5, 5.41) is 9.35. The average molecular weight is 323 g/mol. The van der Waals surface area contributed by atoms with Gasteiger partial charge in [0.1, 0.15) is 5.15 Å². The normalized spacial score (nSPS) is 18.4. The number of carboxylic acid groups (broad SMARTS) is 1. The number of rotatable bonds is 3. The first kappa shape index (κ1) is 14.8. The minimum atomic E-state index is -0.887. The smallest absolute Gasteiger partial charge is 0.407 e. The number of carbonyl (C=O) groups is 1. The number of fused-ring (bicyclic) bond motifs is 1. The van der Waals surface area contributed by atoms with E-state index < -0.39 is 6.09 Å². The average Bonchev–Trinajstić information content (AvgIpc) is 2.52. The molecule has 1 saturated heterocycles. The van der Waals surface area contributed by atoms with E-state index in [9.17, 15) is 4.79 Å². The van der Waals surface area contributed by atoms with Gasteiger partial charge in [-0.2, -0.15) is 4.98 Å². The number of likely N-dealkylation sites (tertiary alicyclic amines) is 1. The van der Waals surface area contributed by atoms with Gasteiger partial charge < -0.3 is 14.7 Å². The Morgan fingerprint density at radius 2 is 2.27 bits per heavy atom. The maximum Gasteiger partial charge on any atom is 0.407 e. The Balaban J connectivity index is 1.72. The van der Waals surface area contributed by atoms with Crippen molar-refractivity contribution in [3.05, 3.63) is 23.6 Å². The van der Waals surface area contributed by atoms with Crippen molar-refractivity contribution >= 4 is 28.7 Å². The number of amides is 1. The molecule has 0 spiro atoms. The van der Waals surface area contributed by atoms with Gasteiger partial charge in [0.15, 0.2) is 5.52 Å². The Labute approximate surface area is 131 Å². The van der Waals surface area contributed by atoms with E-state index in [1.165, 1.54) is 4.90 Å². The molecule has 116 valence electrons. The van der Waals surface area contributed by atoms with Crippen LogP contribution in [0.25, 0.3) is 11.0 Å². The van der Waals surface area contributed by atoms with Gasteiger partial charge in [0.25, 0.3) is 0 Å². The standard InChI is InChI=1S/C14H15ClN4O3/c15-11-6-10-12(17-4-3-16-10)13(18-11)22-8-9-2-1-5-19(7-9)14(20)21/h3-4,6,9H,1-2,5,7-8H2,(H,20,21)/t9-/m1/s1. The first-order chi connectivity index (χ1) is 10.6. The van der Waals surface area contributed by atoms with Gasteiger partial charge in [-0.1, -0.05) is 11.6 Å². The van der Waals surface area contributed by atoms with Gasteiger partial charge in [-0.25, -0.2) is 9.78 Å². The van der Waals surface area contributed by atoms with E-state index >= 15 is 0 Å². The summed E-state index contributed by atoms with van der Waals surface area (Å²) < 4.78 is 5.75. The molecule has 1 amide bonds. The molecule has 0 unspecified atom stereocenters. The lowest BCUT2D eigenvalue weighted by atomic mass is 9.99. The number of hydrogen-bond donors (Lipinski definition) is 1. The van der Waals surface area contributed by atoms with Gasteiger partial charge in [0.05, 0.1) is 12.1 Å². The maximum atomic E-state index is 11.0. The van der Waals surface area contributed by atoms with Crippen molar-refractivity contribution in [3.63, 3.8) is 0 Å². The third kappa shape index (κ3) is 3.19. The van der Waals surface area contributed by atoms with Crippen LogP contribution in [0.3, 0.4) is 0 Å². The third-order valence-corrected chi connectivity index (χ3v) is 3.83. The highest BCUT2D eigenvalue weighted by molar-refractivity contribution is 6.30. The van der Waals surface area contributed by atoms with Crippen molar-refractivity contribution in [3.8, 4) is 5.88 Å². The van der Waals surface area contributed by atoms with Crippen LogP contribution in [-0.4, -0.2) is 50.7 Å². The second-order valence-electron chi connectivity index (χ2n) is 5.22. The van der Waals surface area contributed by atoms with E-state index in [2.05, 4.69) is 15.0 Å². The van der Waals surface area contributed by atoms with E-state index in [1.807, 2.05) is 0 Å². The second kappa shape index (κ2) is 6.31. The van der Waals surface area contributed by atoms with E-state index in [0.717, 1.165) is 12.8 Å². The van der Waals surface area contributed by atoms with Crippen LogP contribution >= 0.6 is 11.6 Å². The Morgan fingerprint density at radius 1 is 1.45 bits per heavy atom. The van der Waals surface area contributed by atoms with Crippen molar-refractivity contribution in [2.75, 3.05) is 19.7 Å². The number of piperidine rings is 1. The molecular formula is C14H15ClN4O3. The molecule has 0 radical (unpaired) electrons. The molecule has 1 atom stereocenters. The fraction of sp³-hybridized carbons (Fsp3) is 0.429. The summed E-state index contributed by atoms with van der Waals surface area (Å²) >= 11 is 5.97. The van der Waals surface area contributed by atoms with Crippen molar-refractivity contribution in [2.45, 2.75) is 12.8 Å². The number of nitrogens with zero attached hydrogens (tertiary/aromatic N) is 4. The van der Waals surface area contributed by atoms with Crippen LogP contribution in [0.15, 0.2) is 18.5 Å².